The van der Waals surface area contributed by atoms with E-state index >= 15 is 0 Å². The fourth-order valence-corrected chi connectivity index (χ4v) is 3.02. The van der Waals surface area contributed by atoms with Crippen LogP contribution < -0.4 is 9.47 Å². The van der Waals surface area contributed by atoms with Crippen LogP contribution in [0.5, 0.6) is 11.5 Å². The zero-order chi connectivity index (χ0) is 22.2. The second-order valence-electron chi connectivity index (χ2n) is 7.02. The van der Waals surface area contributed by atoms with E-state index in [1.54, 1.807) is 14.2 Å². The van der Waals surface area contributed by atoms with E-state index in [4.69, 9.17) is 21.1 Å². The van der Waals surface area contributed by atoms with Crippen molar-refractivity contribution in [2.24, 2.45) is 0 Å². The van der Waals surface area contributed by atoms with Gasteiger partial charge in [0.1, 0.15) is 0 Å². The number of aromatic nitrogens is 2. The number of methoxy groups -OCH3 is 2. The summed E-state index contributed by atoms with van der Waals surface area (Å²) in [6, 6.07) is 21.6. The Hall–Kier alpha value is -3.37. The van der Waals surface area contributed by atoms with E-state index in [2.05, 4.69) is 16.0 Å². The highest BCUT2D eigenvalue weighted by Gasteiger charge is 2.06. The Morgan fingerprint density at radius 3 is 1.61 bits per heavy atom. The zero-order valence-corrected chi connectivity index (χ0v) is 18.9. The minimum atomic E-state index is 0.715. The average molecular weight is 433 g/mol. The number of rotatable bonds is 4. The molecule has 2 aromatic heterocycles. The first-order valence-electron chi connectivity index (χ1n) is 9.84. The Bertz CT molecular complexity index is 1070. The van der Waals surface area contributed by atoms with E-state index in [9.17, 15) is 0 Å². The van der Waals surface area contributed by atoms with Gasteiger partial charge in [0, 0.05) is 28.5 Å². The van der Waals surface area contributed by atoms with Crippen LogP contribution in [0.2, 0.25) is 5.02 Å². The van der Waals surface area contributed by atoms with Gasteiger partial charge in [-0.05, 0) is 67.4 Å². The lowest BCUT2D eigenvalue weighted by atomic mass is 10.1. The third-order valence-electron chi connectivity index (χ3n) is 4.64. The van der Waals surface area contributed by atoms with Crippen molar-refractivity contribution in [2.45, 2.75) is 13.8 Å². The zero-order valence-electron chi connectivity index (χ0n) is 18.1. The van der Waals surface area contributed by atoms with Gasteiger partial charge in [0.2, 0.25) is 0 Å². The molecule has 5 heteroatoms. The highest BCUT2D eigenvalue weighted by Crippen LogP contribution is 2.31. The average Bonchev–Trinajstić information content (AvgIpc) is 2.81. The molecule has 2 heterocycles. The van der Waals surface area contributed by atoms with Crippen LogP contribution in [0.15, 0.2) is 79.1 Å². The largest absolute Gasteiger partial charge is 0.493 e. The maximum atomic E-state index is 5.80. The summed E-state index contributed by atoms with van der Waals surface area (Å²) >= 11 is 5.80. The van der Waals surface area contributed by atoms with Gasteiger partial charge < -0.3 is 9.47 Å². The molecular weight excluding hydrogens is 408 g/mol. The molecule has 31 heavy (non-hydrogen) atoms. The number of aryl methyl sites for hydroxylation is 2. The monoisotopic (exact) mass is 432 g/mol. The molecule has 0 N–H and O–H groups in total. The smallest absolute Gasteiger partial charge is 0.161 e. The molecule has 4 aromatic rings. The Kier molecular flexibility index (Phi) is 7.63. The molecule has 4 rings (SSSR count). The van der Waals surface area contributed by atoms with E-state index in [1.165, 1.54) is 5.56 Å². The maximum Gasteiger partial charge on any atom is 0.161 e. The van der Waals surface area contributed by atoms with Crippen molar-refractivity contribution in [3.8, 4) is 34.0 Å². The van der Waals surface area contributed by atoms with Crippen LogP contribution in [0.1, 0.15) is 11.1 Å². The fourth-order valence-electron chi connectivity index (χ4n) is 2.89. The summed E-state index contributed by atoms with van der Waals surface area (Å²) < 4.78 is 10.5. The highest BCUT2D eigenvalue weighted by atomic mass is 35.5. The molecule has 0 aliphatic carbocycles. The summed E-state index contributed by atoms with van der Waals surface area (Å²) in [5.74, 6) is 1.44. The molecule has 0 bridgehead atoms. The minimum Gasteiger partial charge on any atom is -0.493 e. The normalized spacial score (nSPS) is 10.1. The summed E-state index contributed by atoms with van der Waals surface area (Å²) in [6.07, 6.45) is 3.72. The van der Waals surface area contributed by atoms with E-state index in [1.807, 2.05) is 86.9 Å². The first-order chi connectivity index (χ1) is 15.0. The van der Waals surface area contributed by atoms with Crippen molar-refractivity contribution in [1.29, 1.82) is 0 Å². The van der Waals surface area contributed by atoms with Crippen molar-refractivity contribution >= 4 is 11.6 Å². The molecule has 0 saturated carbocycles. The molecule has 0 amide bonds. The number of hydrogen-bond acceptors (Lipinski definition) is 4. The van der Waals surface area contributed by atoms with Crippen LogP contribution in [0.25, 0.3) is 22.5 Å². The molecule has 0 atom stereocenters. The Morgan fingerprint density at radius 1 is 0.613 bits per heavy atom. The number of benzene rings is 2. The second-order valence-corrected chi connectivity index (χ2v) is 7.45. The first-order valence-corrected chi connectivity index (χ1v) is 10.2. The predicted molar refractivity (Wildman–Crippen MR) is 127 cm³/mol. The number of hydrogen-bond donors (Lipinski definition) is 0. The van der Waals surface area contributed by atoms with Gasteiger partial charge in [0.15, 0.2) is 11.5 Å². The molecule has 0 unspecified atom stereocenters. The summed E-state index contributed by atoms with van der Waals surface area (Å²) in [6.45, 7) is 4.05. The predicted octanol–water partition coefficient (Wildman–Crippen LogP) is 6.78. The molecule has 0 spiro atoms. The van der Waals surface area contributed by atoms with Crippen molar-refractivity contribution in [2.75, 3.05) is 14.2 Å². The standard InChI is InChI=1S/C14H15NO2.C12H10ClN/c1-10-4-6-12(15-9-10)11-5-7-13(16-2)14(8-11)17-3;1-9-2-7-12(14-8-9)10-3-5-11(13)6-4-10/h4-9H,1-3H3;2-8H,1H3. The van der Waals surface area contributed by atoms with E-state index < -0.39 is 0 Å². The second kappa shape index (κ2) is 10.6. The third kappa shape index (κ3) is 6.06. The lowest BCUT2D eigenvalue weighted by molar-refractivity contribution is 0.355. The number of pyridine rings is 2. The van der Waals surface area contributed by atoms with Gasteiger partial charge in [-0.1, -0.05) is 35.9 Å². The van der Waals surface area contributed by atoms with Crippen LogP contribution in [0.4, 0.5) is 0 Å². The first kappa shape index (κ1) is 22.3. The fraction of sp³-hybridized carbons (Fsp3) is 0.154. The lowest BCUT2D eigenvalue weighted by Gasteiger charge is -2.09. The van der Waals surface area contributed by atoms with Crippen LogP contribution >= 0.6 is 11.6 Å². The van der Waals surface area contributed by atoms with Crippen LogP contribution in [-0.2, 0) is 0 Å². The van der Waals surface area contributed by atoms with Gasteiger partial charge in [-0.2, -0.15) is 0 Å². The van der Waals surface area contributed by atoms with E-state index in [0.717, 1.165) is 38.9 Å². The maximum absolute atomic E-state index is 5.80. The molecule has 0 aliphatic rings. The third-order valence-corrected chi connectivity index (χ3v) is 4.89. The summed E-state index contributed by atoms with van der Waals surface area (Å²) in [4.78, 5) is 8.72. The van der Waals surface area contributed by atoms with Crippen LogP contribution in [-0.4, -0.2) is 24.2 Å². The van der Waals surface area contributed by atoms with E-state index in [-0.39, 0.29) is 0 Å². The number of ether oxygens (including phenoxy) is 2. The van der Waals surface area contributed by atoms with Crippen molar-refractivity contribution < 1.29 is 9.47 Å². The lowest BCUT2D eigenvalue weighted by Crippen LogP contribution is -1.91. The van der Waals surface area contributed by atoms with Gasteiger partial charge in [0.05, 0.1) is 25.6 Å². The van der Waals surface area contributed by atoms with Crippen LogP contribution in [0.3, 0.4) is 0 Å². The summed E-state index contributed by atoms with van der Waals surface area (Å²) in [7, 11) is 3.26. The molecule has 4 nitrogen and oxygen atoms in total. The van der Waals surface area contributed by atoms with Crippen molar-refractivity contribution in [1.82, 2.24) is 9.97 Å². The van der Waals surface area contributed by atoms with Gasteiger partial charge in [0.25, 0.3) is 0 Å². The van der Waals surface area contributed by atoms with Crippen LogP contribution in [0, 0.1) is 13.8 Å². The molecule has 0 saturated heterocycles. The molecule has 158 valence electrons. The molecule has 0 fully saturated rings. The Morgan fingerprint density at radius 2 is 1.13 bits per heavy atom. The summed E-state index contributed by atoms with van der Waals surface area (Å²) in [5, 5.41) is 0.751. The molecular formula is C26H25ClN2O2. The van der Waals surface area contributed by atoms with Crippen molar-refractivity contribution in [3.63, 3.8) is 0 Å². The topological polar surface area (TPSA) is 44.2 Å². The molecule has 2 aromatic carbocycles. The number of nitrogens with zero attached hydrogens (tertiary/aromatic N) is 2. The van der Waals surface area contributed by atoms with Gasteiger partial charge in [-0.25, -0.2) is 0 Å². The molecule has 0 radical (unpaired) electrons. The Balaban J connectivity index is 0.000000179. The minimum absolute atomic E-state index is 0.715. The Labute approximate surface area is 188 Å². The SMILES string of the molecule is COc1ccc(-c2ccc(C)cn2)cc1OC.Cc1ccc(-c2ccc(Cl)cc2)nc1. The summed E-state index contributed by atoms with van der Waals surface area (Å²) in [5.41, 5.74) is 6.33. The quantitative estimate of drug-likeness (QED) is 0.356. The van der Waals surface area contributed by atoms with E-state index in [0.29, 0.717) is 5.75 Å². The van der Waals surface area contributed by atoms with Gasteiger partial charge in [-0.15, -0.1) is 0 Å². The molecule has 0 aliphatic heterocycles. The van der Waals surface area contributed by atoms with Gasteiger partial charge in [-0.3, -0.25) is 9.97 Å². The highest BCUT2D eigenvalue weighted by molar-refractivity contribution is 6.30. The number of halogens is 1. The van der Waals surface area contributed by atoms with Gasteiger partial charge >= 0.3 is 0 Å². The van der Waals surface area contributed by atoms with Crippen molar-refractivity contribution in [3.05, 3.63) is 95.3 Å².